The molecule has 2 aliphatic carbocycles. The number of benzene rings is 2. The molecule has 2 aromatic carbocycles. The summed E-state index contributed by atoms with van der Waals surface area (Å²) < 4.78 is 11.5. The van der Waals surface area contributed by atoms with Gasteiger partial charge in [-0.25, -0.2) is 0 Å². The second kappa shape index (κ2) is 8.37. The number of carbonyl (C=O) groups excluding carboxylic acids is 2. The molecule has 1 aliphatic heterocycles. The van der Waals surface area contributed by atoms with Gasteiger partial charge in [-0.2, -0.15) is 0 Å². The first kappa shape index (κ1) is 23.9. The van der Waals surface area contributed by atoms with Gasteiger partial charge in [-0.1, -0.05) is 24.3 Å². The molecule has 35 heavy (non-hydrogen) atoms. The Morgan fingerprint density at radius 3 is 2.23 bits per heavy atom. The number of fused-ring (bicyclic) bond motifs is 3. The van der Waals surface area contributed by atoms with Crippen LogP contribution in [0.3, 0.4) is 0 Å². The Labute approximate surface area is 200 Å². The number of ketones is 2. The van der Waals surface area contributed by atoms with Gasteiger partial charge in [0.05, 0.1) is 36.0 Å². The number of nitrogens with two attached hydrogens (primary N) is 1. The normalized spacial score (nSPS) is 30.9. The van der Waals surface area contributed by atoms with Gasteiger partial charge in [-0.15, -0.1) is 0 Å². The zero-order valence-electron chi connectivity index (χ0n) is 19.0. The predicted octanol–water partition coefficient (Wildman–Crippen LogP) is 0.424. The highest BCUT2D eigenvalue weighted by Gasteiger charge is 2.47. The maximum absolute atomic E-state index is 13.3. The SMILES string of the molecule is [13CH3]C(O)[C@]1(N)Cc2c(O)c3c(c(O)c2[C@@H](O[C@H]2C[C@H](O)[C@H](O)CO2)C1)[13C](=O)c1ccccc1[13C]3=O. The monoisotopic (exact) mass is 488 g/mol. The molecule has 7 N–H and O–H groups in total. The largest absolute Gasteiger partial charge is 0.507 e. The zero-order chi connectivity index (χ0) is 25.2. The summed E-state index contributed by atoms with van der Waals surface area (Å²) in [6, 6.07) is 6.15. The van der Waals surface area contributed by atoms with Gasteiger partial charge in [-0.05, 0) is 19.8 Å². The second-order valence-electron chi connectivity index (χ2n) is 9.59. The fraction of sp³-hybridized carbons (Fsp3) is 0.440. The summed E-state index contributed by atoms with van der Waals surface area (Å²) in [4.78, 5) is 26.6. The van der Waals surface area contributed by atoms with Crippen LogP contribution in [0.15, 0.2) is 24.3 Å². The molecule has 2 aromatic rings. The zero-order valence-corrected chi connectivity index (χ0v) is 19.0. The number of rotatable bonds is 3. The first-order valence-corrected chi connectivity index (χ1v) is 11.4. The Hall–Kier alpha value is -2.86. The maximum Gasteiger partial charge on any atom is 0.198 e. The Balaban J connectivity index is 1.66. The molecule has 0 aromatic heterocycles. The molecule has 0 spiro atoms. The first-order valence-electron chi connectivity index (χ1n) is 11.4. The Morgan fingerprint density at radius 2 is 1.66 bits per heavy atom. The number of carbonyl (C=O) groups is 2. The lowest BCUT2D eigenvalue weighted by Gasteiger charge is -2.43. The van der Waals surface area contributed by atoms with Crippen LogP contribution in [-0.4, -0.2) is 73.8 Å². The maximum atomic E-state index is 13.3. The Kier molecular flexibility index (Phi) is 5.71. The van der Waals surface area contributed by atoms with Crippen molar-refractivity contribution < 1.29 is 44.6 Å². The lowest BCUT2D eigenvalue weighted by Crippen LogP contribution is -2.55. The third-order valence-corrected chi connectivity index (χ3v) is 7.33. The van der Waals surface area contributed by atoms with E-state index in [0.29, 0.717) is 0 Å². The summed E-state index contributed by atoms with van der Waals surface area (Å²) in [7, 11) is 0. The Bertz CT molecular complexity index is 1230. The second-order valence-corrected chi connectivity index (χ2v) is 9.59. The van der Waals surface area contributed by atoms with E-state index in [-0.39, 0.29) is 59.3 Å². The van der Waals surface area contributed by atoms with Gasteiger partial charge in [0, 0.05) is 34.2 Å². The van der Waals surface area contributed by atoms with Crippen molar-refractivity contribution in [2.24, 2.45) is 5.73 Å². The van der Waals surface area contributed by atoms with E-state index < -0.39 is 59.3 Å². The van der Waals surface area contributed by atoms with Crippen LogP contribution in [0.1, 0.15) is 68.8 Å². The molecular weight excluding hydrogens is 461 g/mol. The van der Waals surface area contributed by atoms with Gasteiger partial charge in [0.15, 0.2) is 17.9 Å². The van der Waals surface area contributed by atoms with E-state index in [1.54, 1.807) is 12.1 Å². The van der Waals surface area contributed by atoms with Crippen LogP contribution in [0.5, 0.6) is 11.5 Å². The van der Waals surface area contributed by atoms with Crippen molar-refractivity contribution in [3.05, 3.63) is 57.6 Å². The van der Waals surface area contributed by atoms with Gasteiger partial charge in [0.2, 0.25) is 0 Å². The van der Waals surface area contributed by atoms with E-state index in [0.717, 1.165) is 0 Å². The van der Waals surface area contributed by atoms with Gasteiger partial charge in [-0.3, -0.25) is 9.59 Å². The van der Waals surface area contributed by atoms with Crippen molar-refractivity contribution in [1.29, 1.82) is 0 Å². The van der Waals surface area contributed by atoms with E-state index in [1.165, 1.54) is 19.1 Å². The van der Waals surface area contributed by atoms with Crippen LogP contribution >= 0.6 is 0 Å². The van der Waals surface area contributed by atoms with Crippen LogP contribution in [0.25, 0.3) is 0 Å². The average Bonchev–Trinajstić information content (AvgIpc) is 2.82. The van der Waals surface area contributed by atoms with Crippen LogP contribution in [0.4, 0.5) is 0 Å². The number of hydrogen-bond donors (Lipinski definition) is 6. The summed E-state index contributed by atoms with van der Waals surface area (Å²) in [6.45, 7) is 1.31. The smallest absolute Gasteiger partial charge is 0.198 e. The molecular formula is C25H27NO9. The topological polar surface area (TPSA) is 180 Å². The van der Waals surface area contributed by atoms with Crippen molar-refractivity contribution >= 4 is 11.6 Å². The van der Waals surface area contributed by atoms with Gasteiger partial charge in [0.1, 0.15) is 17.6 Å². The van der Waals surface area contributed by atoms with Crippen molar-refractivity contribution in [2.45, 2.75) is 62.4 Å². The summed E-state index contributed by atoms with van der Waals surface area (Å²) in [6.07, 6.45) is -5.45. The third kappa shape index (κ3) is 3.65. The number of hydrogen-bond acceptors (Lipinski definition) is 10. The minimum atomic E-state index is -1.30. The van der Waals surface area contributed by atoms with E-state index >= 15 is 0 Å². The molecule has 0 amide bonds. The molecule has 0 radical (unpaired) electrons. The minimum absolute atomic E-state index is 0.0132. The van der Waals surface area contributed by atoms with Crippen LogP contribution in [0.2, 0.25) is 0 Å². The summed E-state index contributed by atoms with van der Waals surface area (Å²) in [5.41, 5.74) is 4.95. The summed E-state index contributed by atoms with van der Waals surface area (Å²) in [5, 5.41) is 52.8. The molecule has 0 bridgehead atoms. The third-order valence-electron chi connectivity index (χ3n) is 7.33. The average molecular weight is 488 g/mol. The van der Waals surface area contributed by atoms with Gasteiger partial charge < -0.3 is 40.7 Å². The predicted molar refractivity (Wildman–Crippen MR) is 120 cm³/mol. The van der Waals surface area contributed by atoms with Gasteiger partial charge in [0.25, 0.3) is 0 Å². The molecule has 10 nitrogen and oxygen atoms in total. The lowest BCUT2D eigenvalue weighted by atomic mass is 9.73. The number of aliphatic hydroxyl groups excluding tert-OH is 3. The summed E-state index contributed by atoms with van der Waals surface area (Å²) >= 11 is 0. The molecule has 6 atom stereocenters. The molecule has 3 aliphatic rings. The molecule has 1 heterocycles. The number of aliphatic hydroxyl groups is 3. The molecule has 1 unspecified atom stereocenters. The van der Waals surface area contributed by atoms with Gasteiger partial charge >= 0.3 is 0 Å². The minimum Gasteiger partial charge on any atom is -0.507 e. The van der Waals surface area contributed by atoms with Crippen molar-refractivity contribution in [1.82, 2.24) is 0 Å². The van der Waals surface area contributed by atoms with E-state index in [2.05, 4.69) is 0 Å². The highest BCUT2D eigenvalue weighted by molar-refractivity contribution is 6.30. The molecule has 0 saturated carbocycles. The fourth-order valence-electron chi connectivity index (χ4n) is 5.21. The van der Waals surface area contributed by atoms with Crippen molar-refractivity contribution in [3.8, 4) is 11.5 Å². The number of ether oxygens (including phenoxy) is 2. The highest BCUT2D eigenvalue weighted by atomic mass is 16.7. The van der Waals surface area contributed by atoms with Crippen LogP contribution in [0, 0.1) is 0 Å². The molecule has 10 heteroatoms. The van der Waals surface area contributed by atoms with E-state index in [9.17, 15) is 35.1 Å². The lowest BCUT2D eigenvalue weighted by molar-refractivity contribution is -0.239. The van der Waals surface area contributed by atoms with E-state index in [1.807, 2.05) is 0 Å². The number of phenols is 2. The molecule has 186 valence electrons. The quantitative estimate of drug-likeness (QED) is 0.223. The van der Waals surface area contributed by atoms with Crippen LogP contribution in [-0.2, 0) is 15.9 Å². The summed E-state index contributed by atoms with van der Waals surface area (Å²) in [5.74, 6) is -2.22. The van der Waals surface area contributed by atoms with Crippen molar-refractivity contribution in [3.63, 3.8) is 0 Å². The van der Waals surface area contributed by atoms with Crippen LogP contribution < -0.4 is 5.73 Å². The Morgan fingerprint density at radius 1 is 1.06 bits per heavy atom. The first-order chi connectivity index (χ1) is 16.5. The standard InChI is InChI=1S/C25H27NO9/c1-10(27)25(26)7-13-18(16(8-25)35-17-6-14(28)15(29)9-34-17)24(33)20-19(23(13)32)21(30)11-4-2-3-5-12(11)22(20)31/h2-5,10,14-17,27-29,32-33H,6-9,26H2,1H3/t10?,14-,15+,16-,17-,25-/m0/s1/i1+1,21+1,22+1. The van der Waals surface area contributed by atoms with Crippen molar-refractivity contribution in [2.75, 3.05) is 6.61 Å². The number of phenolic OH excluding ortho intramolecular Hbond substituents is 2. The number of aromatic hydroxyl groups is 2. The highest BCUT2D eigenvalue weighted by Crippen LogP contribution is 2.51. The fourth-order valence-corrected chi connectivity index (χ4v) is 5.21. The molecule has 1 saturated heterocycles. The van der Waals surface area contributed by atoms with E-state index in [4.69, 9.17) is 15.2 Å². The molecule has 5 rings (SSSR count). The molecule has 1 fully saturated rings.